The molecule has 0 saturated carbocycles. The summed E-state index contributed by atoms with van der Waals surface area (Å²) < 4.78 is 30.3. The first-order chi connectivity index (χ1) is 8.01. The Morgan fingerprint density at radius 3 is 2.71 bits per heavy atom. The molecule has 2 N–H and O–H groups in total. The van der Waals surface area contributed by atoms with Gasteiger partial charge in [0.05, 0.1) is 19.2 Å². The van der Waals surface area contributed by atoms with Gasteiger partial charge in [-0.05, 0) is 18.1 Å². The van der Waals surface area contributed by atoms with Gasteiger partial charge in [0.1, 0.15) is 0 Å². The van der Waals surface area contributed by atoms with Gasteiger partial charge in [-0.15, -0.1) is 0 Å². The Labute approximate surface area is 97.8 Å². The van der Waals surface area contributed by atoms with Crippen LogP contribution in [-0.4, -0.2) is 18.1 Å². The predicted octanol–water partition coefficient (Wildman–Crippen LogP) is 1.50. The molecule has 0 spiro atoms. The van der Waals surface area contributed by atoms with Gasteiger partial charge in [0.15, 0.2) is 0 Å². The van der Waals surface area contributed by atoms with Crippen molar-refractivity contribution < 1.29 is 18.3 Å². The number of ether oxygens (including phenoxy) is 1. The first kappa shape index (κ1) is 13.5. The number of rotatable bonds is 4. The van der Waals surface area contributed by atoms with Crippen LogP contribution >= 0.6 is 0 Å². The van der Waals surface area contributed by atoms with E-state index in [9.17, 15) is 13.6 Å². The molecule has 17 heavy (non-hydrogen) atoms. The predicted molar refractivity (Wildman–Crippen MR) is 57.5 cm³/mol. The number of methoxy groups -OCH3 is 1. The summed E-state index contributed by atoms with van der Waals surface area (Å²) in [6.45, 7) is 1.61. The molecule has 1 aromatic heterocycles. The summed E-state index contributed by atoms with van der Waals surface area (Å²) in [5.74, 6) is -0.575. The van der Waals surface area contributed by atoms with Crippen molar-refractivity contribution >= 4 is 5.97 Å². The molecule has 1 aromatic rings. The van der Waals surface area contributed by atoms with Crippen LogP contribution < -0.4 is 5.73 Å². The Bertz CT molecular complexity index is 422. The number of halogens is 2. The Morgan fingerprint density at radius 2 is 2.24 bits per heavy atom. The fourth-order valence-corrected chi connectivity index (χ4v) is 1.60. The Morgan fingerprint density at radius 1 is 1.59 bits per heavy atom. The lowest BCUT2D eigenvalue weighted by Crippen LogP contribution is -2.12. The van der Waals surface area contributed by atoms with E-state index in [2.05, 4.69) is 9.72 Å². The highest BCUT2D eigenvalue weighted by molar-refractivity contribution is 5.73. The van der Waals surface area contributed by atoms with Crippen LogP contribution in [0.2, 0.25) is 0 Å². The van der Waals surface area contributed by atoms with Crippen molar-refractivity contribution in [3.8, 4) is 0 Å². The Balaban J connectivity index is 3.21. The van der Waals surface area contributed by atoms with Gasteiger partial charge in [-0.2, -0.15) is 0 Å². The van der Waals surface area contributed by atoms with Crippen molar-refractivity contribution in [3.63, 3.8) is 0 Å². The summed E-state index contributed by atoms with van der Waals surface area (Å²) in [5.41, 5.74) is 6.15. The minimum Gasteiger partial charge on any atom is -0.469 e. The summed E-state index contributed by atoms with van der Waals surface area (Å²) in [6.07, 6.45) is -1.62. The maximum Gasteiger partial charge on any atom is 0.310 e. The topological polar surface area (TPSA) is 65.2 Å². The van der Waals surface area contributed by atoms with Crippen molar-refractivity contribution in [2.45, 2.75) is 26.3 Å². The maximum atomic E-state index is 12.9. The summed E-state index contributed by atoms with van der Waals surface area (Å²) >= 11 is 0. The summed E-state index contributed by atoms with van der Waals surface area (Å²) in [5, 5.41) is 0. The zero-order chi connectivity index (χ0) is 13.0. The zero-order valence-corrected chi connectivity index (χ0v) is 9.67. The van der Waals surface area contributed by atoms with Crippen LogP contribution in [0, 0.1) is 6.92 Å². The summed E-state index contributed by atoms with van der Waals surface area (Å²) in [7, 11) is 1.21. The van der Waals surface area contributed by atoms with Crippen LogP contribution in [0.3, 0.4) is 0 Å². The number of hydrogen-bond donors (Lipinski definition) is 1. The van der Waals surface area contributed by atoms with E-state index in [0.29, 0.717) is 11.3 Å². The molecule has 0 saturated heterocycles. The van der Waals surface area contributed by atoms with E-state index in [1.165, 1.54) is 20.2 Å². The molecular formula is C11H14F2N2O2. The number of esters is 1. The van der Waals surface area contributed by atoms with Gasteiger partial charge in [0, 0.05) is 18.3 Å². The summed E-state index contributed by atoms with van der Waals surface area (Å²) in [6, 6.07) is 0. The van der Waals surface area contributed by atoms with Crippen molar-refractivity contribution in [1.82, 2.24) is 4.98 Å². The van der Waals surface area contributed by atoms with Crippen LogP contribution in [0.15, 0.2) is 6.20 Å². The molecule has 6 heteroatoms. The average molecular weight is 244 g/mol. The fraction of sp³-hybridized carbons (Fsp3) is 0.455. The number of alkyl halides is 2. The highest BCUT2D eigenvalue weighted by Crippen LogP contribution is 2.28. The van der Waals surface area contributed by atoms with Crippen molar-refractivity contribution in [2.75, 3.05) is 7.11 Å². The fourth-order valence-electron chi connectivity index (χ4n) is 1.60. The normalized spacial score (nSPS) is 10.7. The van der Waals surface area contributed by atoms with Crippen molar-refractivity contribution in [1.29, 1.82) is 0 Å². The lowest BCUT2D eigenvalue weighted by atomic mass is 10.0. The molecule has 0 aliphatic rings. The van der Waals surface area contributed by atoms with Gasteiger partial charge < -0.3 is 10.5 Å². The highest BCUT2D eigenvalue weighted by atomic mass is 19.3. The van der Waals surface area contributed by atoms with Gasteiger partial charge in [-0.3, -0.25) is 9.78 Å². The van der Waals surface area contributed by atoms with E-state index >= 15 is 0 Å². The standard InChI is InChI=1S/C11H14F2N2O2/c1-6-8(4-14)15-5-7(3-9(16)17-2)10(6)11(12)13/h5,11H,3-4,14H2,1-2H3. The maximum absolute atomic E-state index is 12.9. The number of carbonyl (C=O) groups is 1. The average Bonchev–Trinajstić information content (AvgIpc) is 2.28. The monoisotopic (exact) mass is 244 g/mol. The van der Waals surface area contributed by atoms with Gasteiger partial charge in [-0.1, -0.05) is 0 Å². The highest BCUT2D eigenvalue weighted by Gasteiger charge is 2.20. The Kier molecular flexibility index (Phi) is 4.51. The number of nitrogens with two attached hydrogens (primary N) is 1. The van der Waals surface area contributed by atoms with Gasteiger partial charge in [-0.25, -0.2) is 8.78 Å². The smallest absolute Gasteiger partial charge is 0.310 e. The number of nitrogens with zero attached hydrogens (tertiary/aromatic N) is 1. The molecule has 94 valence electrons. The van der Waals surface area contributed by atoms with E-state index in [4.69, 9.17) is 5.73 Å². The van der Waals surface area contributed by atoms with E-state index in [1.54, 1.807) is 0 Å². The van der Waals surface area contributed by atoms with Crippen molar-refractivity contribution in [2.24, 2.45) is 5.73 Å². The van der Waals surface area contributed by atoms with Crippen LogP contribution in [0.25, 0.3) is 0 Å². The number of pyridine rings is 1. The molecule has 0 aromatic carbocycles. The first-order valence-electron chi connectivity index (χ1n) is 5.03. The Hall–Kier alpha value is -1.56. The molecule has 0 aliphatic heterocycles. The van der Waals surface area contributed by atoms with Crippen LogP contribution in [0.4, 0.5) is 8.78 Å². The molecule has 1 rings (SSSR count). The minimum atomic E-state index is -2.66. The minimum absolute atomic E-state index is 0.0874. The summed E-state index contributed by atoms with van der Waals surface area (Å²) in [4.78, 5) is 15.1. The molecule has 1 heterocycles. The van der Waals surface area contributed by atoms with Crippen molar-refractivity contribution in [3.05, 3.63) is 28.6 Å². The SMILES string of the molecule is COC(=O)Cc1cnc(CN)c(C)c1C(F)F. The third-order valence-corrected chi connectivity index (χ3v) is 2.53. The van der Waals surface area contributed by atoms with Gasteiger partial charge in [0.2, 0.25) is 0 Å². The molecule has 0 radical (unpaired) electrons. The molecule has 0 bridgehead atoms. The van der Waals surface area contributed by atoms with E-state index in [-0.39, 0.29) is 24.1 Å². The number of carbonyl (C=O) groups excluding carboxylic acids is 1. The van der Waals surface area contributed by atoms with E-state index < -0.39 is 12.4 Å². The van der Waals surface area contributed by atoms with Gasteiger partial charge >= 0.3 is 5.97 Å². The molecule has 0 fully saturated rings. The molecule has 4 nitrogen and oxygen atoms in total. The molecule has 0 unspecified atom stereocenters. The number of hydrogen-bond acceptors (Lipinski definition) is 4. The second kappa shape index (κ2) is 5.67. The first-order valence-corrected chi connectivity index (χ1v) is 5.03. The van der Waals surface area contributed by atoms with E-state index in [0.717, 1.165) is 0 Å². The number of aromatic nitrogens is 1. The molecule has 0 amide bonds. The van der Waals surface area contributed by atoms with E-state index in [1.807, 2.05) is 0 Å². The zero-order valence-electron chi connectivity index (χ0n) is 9.67. The van der Waals surface area contributed by atoms with Crippen LogP contribution in [0.1, 0.15) is 28.8 Å². The third kappa shape index (κ3) is 2.97. The van der Waals surface area contributed by atoms with Crippen LogP contribution in [0.5, 0.6) is 0 Å². The van der Waals surface area contributed by atoms with Crippen LogP contribution in [-0.2, 0) is 22.5 Å². The molecule has 0 atom stereocenters. The molecular weight excluding hydrogens is 230 g/mol. The third-order valence-electron chi connectivity index (χ3n) is 2.53. The van der Waals surface area contributed by atoms with Gasteiger partial charge in [0.25, 0.3) is 6.43 Å². The lowest BCUT2D eigenvalue weighted by Gasteiger charge is -2.13. The second-order valence-electron chi connectivity index (χ2n) is 3.53. The lowest BCUT2D eigenvalue weighted by molar-refractivity contribution is -0.139. The largest absolute Gasteiger partial charge is 0.469 e. The molecule has 0 aliphatic carbocycles. The second-order valence-corrected chi connectivity index (χ2v) is 3.53. The quantitative estimate of drug-likeness (QED) is 0.815.